The largest absolute Gasteiger partial charge is 0.472 e. The second-order valence-corrected chi connectivity index (χ2v) is 33.0. The van der Waals surface area contributed by atoms with E-state index in [0.717, 1.165) is 26.4 Å². The topological polar surface area (TPSA) is 42.5 Å². The zero-order valence-corrected chi connectivity index (χ0v) is 59.5. The Balaban J connectivity index is 0.000000171. The third kappa shape index (κ3) is 26.5. The van der Waals surface area contributed by atoms with Crippen LogP contribution < -0.4 is 73.4 Å². The van der Waals surface area contributed by atoms with E-state index in [9.17, 15) is 0 Å². The van der Waals surface area contributed by atoms with E-state index in [1.165, 1.54) is 106 Å². The summed E-state index contributed by atoms with van der Waals surface area (Å²) < 4.78 is 9.89. The van der Waals surface area contributed by atoms with Crippen LogP contribution in [0.4, 0.5) is 0 Å². The SMILES string of the molecule is C1CCOC1.C1CCOC1.[Co].[Co].c1ccc([P-]c2ccccc2)cc1.c1ccc([P-]c2ccccc2)cc1.c1ccc([PH+](N[PH+](c2ccccc2)c2ccccc2)c2ccccc2)cc1.c1ccc([PH+](N[PH+](c2ccccc2)c2ccccc2)c2ccccc2)cc1. The molecule has 2 radical (unpaired) electrons. The average molecular weight is 1410 g/mol. The zero-order chi connectivity index (χ0) is 61.6. The molecule has 0 spiro atoms. The minimum Gasteiger partial charge on any atom is -0.472 e. The molecule has 0 aromatic heterocycles. The van der Waals surface area contributed by atoms with Crippen LogP contribution in [0.1, 0.15) is 25.7 Å². The predicted octanol–water partition coefficient (Wildman–Crippen LogP) is 15.0. The first-order valence-corrected chi connectivity index (χ1v) is 38.8. The van der Waals surface area contributed by atoms with E-state index < -0.39 is 32.3 Å². The Bertz CT molecular complexity index is 3060. The molecule has 2 heterocycles. The molecule has 12 aromatic carbocycles. The number of benzene rings is 12. The molecule has 0 aliphatic carbocycles. The molecule has 0 atom stereocenters. The van der Waals surface area contributed by atoms with Gasteiger partial charge in [-0.1, -0.05) is 277 Å². The molecule has 4 nitrogen and oxygen atoms in total. The number of hydrogen-bond donors (Lipinski definition) is 2. The fraction of sp³-hybridized carbons (Fsp3) is 0.100. The van der Waals surface area contributed by atoms with E-state index in [1.807, 2.05) is 24.3 Å². The smallest absolute Gasteiger partial charge is 0.171 e. The molecule has 2 aliphatic heterocycles. The van der Waals surface area contributed by atoms with Gasteiger partial charge in [0.25, 0.3) is 0 Å². The van der Waals surface area contributed by atoms with Gasteiger partial charge < -0.3 is 26.6 Å². The molecule has 470 valence electrons. The Hall–Kier alpha value is -5.93. The maximum atomic E-state index is 4.94. The van der Waals surface area contributed by atoms with E-state index in [2.05, 4.69) is 349 Å². The Labute approximate surface area is 577 Å². The molecular formula is C80H82Co2N2O2P6+2. The van der Waals surface area contributed by atoms with Gasteiger partial charge in [0.15, 0.2) is 32.3 Å². The summed E-state index contributed by atoms with van der Waals surface area (Å²) in [5.74, 6) is 0. The monoisotopic (exact) mass is 1410 g/mol. The molecule has 12 aromatic rings. The van der Waals surface area contributed by atoms with Crippen LogP contribution in [-0.4, -0.2) is 26.4 Å². The normalized spacial score (nSPS) is 11.9. The minimum absolute atomic E-state index is 0. The van der Waals surface area contributed by atoms with Gasteiger partial charge in [0.1, 0.15) is 42.4 Å². The van der Waals surface area contributed by atoms with Crippen molar-refractivity contribution in [3.63, 3.8) is 0 Å². The second kappa shape index (κ2) is 44.6. The van der Waals surface area contributed by atoms with Gasteiger partial charge in [0.2, 0.25) is 0 Å². The molecule has 0 unspecified atom stereocenters. The van der Waals surface area contributed by atoms with Crippen LogP contribution in [0.25, 0.3) is 0 Å². The van der Waals surface area contributed by atoms with Gasteiger partial charge in [-0.15, -0.1) is 0 Å². The summed E-state index contributed by atoms with van der Waals surface area (Å²) in [6.45, 7) is 4.00. The van der Waals surface area contributed by atoms with Gasteiger partial charge in [-0.25, -0.2) is 21.2 Å². The molecule has 12 heteroatoms. The number of nitrogens with one attached hydrogen (secondary N) is 2. The first-order valence-electron chi connectivity index (χ1n) is 31.0. The fourth-order valence-corrected chi connectivity index (χ4v) is 23.7. The van der Waals surface area contributed by atoms with Crippen LogP contribution in [0.3, 0.4) is 0 Å². The van der Waals surface area contributed by atoms with Crippen molar-refractivity contribution in [3.05, 3.63) is 364 Å². The van der Waals surface area contributed by atoms with E-state index in [0.29, 0.717) is 0 Å². The van der Waals surface area contributed by atoms with Crippen molar-refractivity contribution in [2.45, 2.75) is 25.7 Å². The van der Waals surface area contributed by atoms with Crippen LogP contribution in [0.5, 0.6) is 0 Å². The van der Waals surface area contributed by atoms with Crippen molar-refractivity contribution in [2.24, 2.45) is 0 Å². The molecule has 0 amide bonds. The summed E-state index contributed by atoms with van der Waals surface area (Å²) in [7, 11) is -1.83. The molecule has 92 heavy (non-hydrogen) atoms. The van der Waals surface area contributed by atoms with Crippen molar-refractivity contribution in [3.8, 4) is 0 Å². The Morgan fingerprint density at radius 1 is 0.196 bits per heavy atom. The van der Waals surface area contributed by atoms with Crippen molar-refractivity contribution in [1.29, 1.82) is 0 Å². The van der Waals surface area contributed by atoms with Gasteiger partial charge in [0, 0.05) is 60.0 Å². The summed E-state index contributed by atoms with van der Waals surface area (Å²) in [6, 6.07) is 129. The van der Waals surface area contributed by atoms with Crippen molar-refractivity contribution in [2.75, 3.05) is 26.4 Å². The quantitative estimate of drug-likeness (QED) is 0.0946. The first-order chi connectivity index (χ1) is 44.7. The second-order valence-electron chi connectivity index (χ2n) is 20.9. The summed E-state index contributed by atoms with van der Waals surface area (Å²) in [5.41, 5.74) is 0. The van der Waals surface area contributed by atoms with Crippen LogP contribution >= 0.6 is 49.5 Å². The third-order valence-electron chi connectivity index (χ3n) is 14.2. The van der Waals surface area contributed by atoms with Crippen molar-refractivity contribution >= 4 is 113 Å². The number of hydrogen-bond acceptors (Lipinski definition) is 4. The first kappa shape index (κ1) is 73.5. The Morgan fingerprint density at radius 2 is 0.326 bits per heavy atom. The molecule has 2 aliphatic rings. The summed E-state index contributed by atoms with van der Waals surface area (Å²) in [5, 5.41) is 16.5. The summed E-state index contributed by atoms with van der Waals surface area (Å²) in [4.78, 5) is 8.25. The maximum Gasteiger partial charge on any atom is 0.171 e. The fourth-order valence-electron chi connectivity index (χ4n) is 9.66. The van der Waals surface area contributed by atoms with Gasteiger partial charge in [-0.3, -0.25) is 0 Å². The van der Waals surface area contributed by atoms with E-state index >= 15 is 0 Å². The molecule has 2 fully saturated rings. The zero-order valence-electron chi connectivity index (χ0n) is 51.7. The minimum atomic E-state index is -1.10. The van der Waals surface area contributed by atoms with E-state index in [4.69, 9.17) is 9.47 Å². The molecule has 0 saturated carbocycles. The molecule has 0 bridgehead atoms. The third-order valence-corrected chi connectivity index (χ3v) is 27.7. The maximum absolute atomic E-state index is 4.94. The van der Waals surface area contributed by atoms with Crippen molar-refractivity contribution < 1.29 is 43.0 Å². The van der Waals surface area contributed by atoms with E-state index in [-0.39, 0.29) is 33.6 Å². The Morgan fingerprint density at radius 3 is 0.446 bits per heavy atom. The summed E-state index contributed by atoms with van der Waals surface area (Å²) >= 11 is 0. The molecule has 14 rings (SSSR count). The standard InChI is InChI=1S/2C24H21NP2.2C12H10P.2C4H8O.2Co/c2*1-5-13-21(14-6-1)26(22-15-7-2-8-16-22)25-27(23-17-9-3-10-18-23)24-19-11-4-12-20-24;2*1-3-7-11(8-4-1)13-12-9-5-2-6-10-12;2*1-2-4-5-3-1;;/h2*1-20,25H;2*1-10H;2*1-4H2;;/q;;2*-1;;;;/p+4. The van der Waals surface area contributed by atoms with Gasteiger partial charge >= 0.3 is 0 Å². The van der Waals surface area contributed by atoms with Crippen LogP contribution in [-0.2, 0) is 43.0 Å². The Kier molecular flexibility index (Phi) is 35.6. The summed E-state index contributed by atoms with van der Waals surface area (Å²) in [6.07, 6.45) is 5.11. The molecule has 2 saturated heterocycles. The number of ether oxygens (including phenoxy) is 2. The van der Waals surface area contributed by atoms with Gasteiger partial charge in [0.05, 0.1) is 0 Å². The predicted molar refractivity (Wildman–Crippen MR) is 406 cm³/mol. The van der Waals surface area contributed by atoms with Gasteiger partial charge in [-0.2, -0.15) is 0 Å². The van der Waals surface area contributed by atoms with Crippen LogP contribution in [0, 0.1) is 0 Å². The van der Waals surface area contributed by atoms with Crippen LogP contribution in [0.15, 0.2) is 364 Å². The number of rotatable bonds is 16. The van der Waals surface area contributed by atoms with Crippen LogP contribution in [0.2, 0.25) is 0 Å². The molecular weight excluding hydrogens is 1320 g/mol. The molecule has 2 N–H and O–H groups in total. The average Bonchev–Trinajstić information content (AvgIpc) is 1.73. The van der Waals surface area contributed by atoms with E-state index in [1.54, 1.807) is 0 Å². The van der Waals surface area contributed by atoms with Crippen molar-refractivity contribution in [1.82, 2.24) is 9.72 Å². The van der Waals surface area contributed by atoms with Gasteiger partial charge in [-0.05, 0) is 123 Å².